The lowest BCUT2D eigenvalue weighted by Gasteiger charge is -1.45. The van der Waals surface area contributed by atoms with E-state index in [1.165, 1.54) is 0 Å². The first-order chi connectivity index (χ1) is 2.97. The zero-order chi connectivity index (χ0) is 3.98. The van der Waals surface area contributed by atoms with E-state index in [4.69, 9.17) is 0 Å². The van der Waals surface area contributed by atoms with Crippen LogP contribution in [0.1, 0.15) is 0 Å². The van der Waals surface area contributed by atoms with Crippen molar-refractivity contribution in [2.24, 2.45) is 0 Å². The molecule has 27 valence electrons. The van der Waals surface area contributed by atoms with Gasteiger partial charge in [0.05, 0.1) is 6.20 Å². The standard InChI is InChI=1S/C4HN2/c1-2-5-4-3(1)6-4/h1H. The Balaban J connectivity index is 2.91. The van der Waals surface area contributed by atoms with Gasteiger partial charge in [-0.15, -0.1) is 0 Å². The van der Waals surface area contributed by atoms with Crippen molar-refractivity contribution < 1.29 is 0 Å². The summed E-state index contributed by atoms with van der Waals surface area (Å²) in [5.74, 6) is 0.870. The molecular weight excluding hydrogens is 76.1 g/mol. The molecule has 2 heterocycles. The molecule has 6 heavy (non-hydrogen) atoms. The molecule has 0 amide bonds. The summed E-state index contributed by atoms with van der Waals surface area (Å²) in [6.45, 7) is 0. The van der Waals surface area contributed by atoms with Gasteiger partial charge in [0, 0.05) is 0 Å². The number of hydrogen-bond acceptors (Lipinski definition) is 2. The van der Waals surface area contributed by atoms with E-state index in [0.717, 1.165) is 11.5 Å². The first-order valence-corrected chi connectivity index (χ1v) is 1.72. The minimum Gasteiger partial charge on any atom is -0.225 e. The Morgan fingerprint density at radius 2 is 2.67 bits per heavy atom. The van der Waals surface area contributed by atoms with E-state index in [9.17, 15) is 0 Å². The highest BCUT2D eigenvalue weighted by atomic mass is 15.0. The second-order valence-electron chi connectivity index (χ2n) is 1.21. The Morgan fingerprint density at radius 1 is 1.67 bits per heavy atom. The second kappa shape index (κ2) is 0.469. The number of fused-ring (bicyclic) bond motifs is 1. The molecule has 2 aliphatic heterocycles. The SMILES string of the molecule is [c]1cc2nc-2n1. The summed E-state index contributed by atoms with van der Waals surface area (Å²) in [6.07, 6.45) is 2.65. The van der Waals surface area contributed by atoms with Crippen molar-refractivity contribution in [3.63, 3.8) is 0 Å². The van der Waals surface area contributed by atoms with Crippen LogP contribution < -0.4 is 0 Å². The lowest BCUT2D eigenvalue weighted by molar-refractivity contribution is 1.37. The molecule has 2 rings (SSSR count). The molecule has 0 aliphatic carbocycles. The van der Waals surface area contributed by atoms with Crippen LogP contribution in [0, 0.1) is 6.20 Å². The summed E-state index contributed by atoms with van der Waals surface area (Å²) < 4.78 is 0. The summed E-state index contributed by atoms with van der Waals surface area (Å²) >= 11 is 0. The van der Waals surface area contributed by atoms with Crippen LogP contribution in [0.15, 0.2) is 6.07 Å². The second-order valence-corrected chi connectivity index (χ2v) is 1.21. The molecule has 0 aromatic carbocycles. The lowest BCUT2D eigenvalue weighted by Crippen LogP contribution is -1.47. The van der Waals surface area contributed by atoms with Gasteiger partial charge in [0.1, 0.15) is 5.69 Å². The minimum atomic E-state index is 0.870. The predicted molar refractivity (Wildman–Crippen MR) is 19.9 cm³/mol. The molecular formula is C4HN2. The van der Waals surface area contributed by atoms with E-state index in [0.29, 0.717) is 0 Å². The smallest absolute Gasteiger partial charge is 0.179 e. The quantitative estimate of drug-likeness (QED) is 0.450. The van der Waals surface area contributed by atoms with Crippen molar-refractivity contribution in [3.05, 3.63) is 12.3 Å². The molecule has 0 bridgehead atoms. The highest BCUT2D eigenvalue weighted by molar-refractivity contribution is 5.61. The van der Waals surface area contributed by atoms with Crippen LogP contribution in [-0.2, 0) is 0 Å². The summed E-state index contributed by atoms with van der Waals surface area (Å²) in [7, 11) is 0. The van der Waals surface area contributed by atoms with Gasteiger partial charge in [0.2, 0.25) is 0 Å². The van der Waals surface area contributed by atoms with Crippen molar-refractivity contribution >= 4 is 0 Å². The van der Waals surface area contributed by atoms with Crippen LogP contribution in [0.2, 0.25) is 0 Å². The monoisotopic (exact) mass is 77.0 g/mol. The molecule has 0 N–H and O–H groups in total. The van der Waals surface area contributed by atoms with E-state index in [1.54, 1.807) is 6.07 Å². The van der Waals surface area contributed by atoms with Crippen LogP contribution in [0.3, 0.4) is 0 Å². The Hall–Kier alpha value is -0.920. The third kappa shape index (κ3) is 0.109. The van der Waals surface area contributed by atoms with Gasteiger partial charge in [-0.25, -0.2) is 9.97 Å². The van der Waals surface area contributed by atoms with E-state index in [1.807, 2.05) is 0 Å². The fourth-order valence-electron chi connectivity index (χ4n) is 0.420. The summed E-state index contributed by atoms with van der Waals surface area (Å²) in [5, 5.41) is 0. The van der Waals surface area contributed by atoms with Crippen molar-refractivity contribution in [2.75, 3.05) is 0 Å². The van der Waals surface area contributed by atoms with Gasteiger partial charge in [-0.05, 0) is 6.07 Å². The van der Waals surface area contributed by atoms with Crippen molar-refractivity contribution in [2.45, 2.75) is 0 Å². The maximum atomic E-state index is 3.81. The Morgan fingerprint density at radius 3 is 2.83 bits per heavy atom. The van der Waals surface area contributed by atoms with Gasteiger partial charge in [-0.3, -0.25) is 0 Å². The molecule has 2 aliphatic rings. The third-order valence-corrected chi connectivity index (χ3v) is 0.777. The Kier molecular flexibility index (Phi) is 0.179. The summed E-state index contributed by atoms with van der Waals surface area (Å²) in [6, 6.07) is 1.77. The van der Waals surface area contributed by atoms with E-state index < -0.39 is 0 Å². The molecule has 0 unspecified atom stereocenters. The van der Waals surface area contributed by atoms with Crippen LogP contribution in [0.4, 0.5) is 0 Å². The lowest BCUT2D eigenvalue weighted by atomic mass is 10.6. The van der Waals surface area contributed by atoms with Gasteiger partial charge in [-0.2, -0.15) is 0 Å². The zero-order valence-corrected chi connectivity index (χ0v) is 2.97. The fourth-order valence-corrected chi connectivity index (χ4v) is 0.420. The maximum absolute atomic E-state index is 3.81. The molecule has 2 nitrogen and oxygen atoms in total. The Labute approximate surface area is 34.9 Å². The highest BCUT2D eigenvalue weighted by Gasteiger charge is 2.13. The molecule has 0 saturated heterocycles. The maximum Gasteiger partial charge on any atom is 0.179 e. The number of hydrogen-bond donors (Lipinski definition) is 0. The fraction of sp³-hybridized carbons (Fsp3) is 0. The molecule has 0 aromatic rings. The number of nitrogens with zero attached hydrogens (tertiary/aromatic N) is 2. The molecule has 0 aromatic heterocycles. The van der Waals surface area contributed by atoms with Gasteiger partial charge >= 0.3 is 0 Å². The minimum absolute atomic E-state index is 0.870. The average Bonchev–Trinajstić information content (AvgIpc) is 2.17. The Bertz CT molecular complexity index is 165. The number of rotatable bonds is 0. The van der Waals surface area contributed by atoms with Crippen molar-refractivity contribution in [1.82, 2.24) is 9.97 Å². The van der Waals surface area contributed by atoms with Gasteiger partial charge < -0.3 is 0 Å². The van der Waals surface area contributed by atoms with Crippen LogP contribution >= 0.6 is 0 Å². The first-order valence-electron chi connectivity index (χ1n) is 1.72. The van der Waals surface area contributed by atoms with Gasteiger partial charge in [0.15, 0.2) is 5.82 Å². The van der Waals surface area contributed by atoms with Crippen LogP contribution in [-0.4, -0.2) is 9.97 Å². The topological polar surface area (TPSA) is 25.8 Å². The summed E-state index contributed by atoms with van der Waals surface area (Å²) in [5.41, 5.74) is 1.01. The average molecular weight is 77.1 g/mol. The predicted octanol–water partition coefficient (Wildman–Crippen LogP) is 0.257. The van der Waals surface area contributed by atoms with Gasteiger partial charge in [0.25, 0.3) is 0 Å². The first kappa shape index (κ1) is 2.29. The summed E-state index contributed by atoms with van der Waals surface area (Å²) in [4.78, 5) is 7.53. The van der Waals surface area contributed by atoms with Crippen molar-refractivity contribution in [1.29, 1.82) is 0 Å². The zero-order valence-electron chi connectivity index (χ0n) is 2.97. The highest BCUT2D eigenvalue weighted by Crippen LogP contribution is 2.21. The largest absolute Gasteiger partial charge is 0.225 e. The van der Waals surface area contributed by atoms with E-state index in [2.05, 4.69) is 16.2 Å². The molecule has 1 radical (unpaired) electrons. The van der Waals surface area contributed by atoms with Crippen molar-refractivity contribution in [3.8, 4) is 11.5 Å². The van der Waals surface area contributed by atoms with E-state index >= 15 is 0 Å². The molecule has 2 heteroatoms. The normalized spacial score (nSPS) is 11.3. The van der Waals surface area contributed by atoms with Crippen LogP contribution in [0.5, 0.6) is 0 Å². The molecule has 0 atom stereocenters. The van der Waals surface area contributed by atoms with Gasteiger partial charge in [-0.1, -0.05) is 0 Å². The molecule has 0 saturated carbocycles. The van der Waals surface area contributed by atoms with E-state index in [-0.39, 0.29) is 0 Å². The van der Waals surface area contributed by atoms with Crippen LogP contribution in [0.25, 0.3) is 11.5 Å². The molecule has 0 spiro atoms. The number of aromatic nitrogens is 2. The third-order valence-electron chi connectivity index (χ3n) is 0.777. The molecule has 0 fully saturated rings.